The van der Waals surface area contributed by atoms with Crippen LogP contribution in [-0.4, -0.2) is 42.6 Å². The second-order valence-corrected chi connectivity index (χ2v) is 14.5. The predicted octanol–water partition coefficient (Wildman–Crippen LogP) is 8.41. The van der Waals surface area contributed by atoms with Crippen LogP contribution in [0.1, 0.15) is 86.6 Å². The lowest BCUT2D eigenvalue weighted by Crippen LogP contribution is -2.30. The summed E-state index contributed by atoms with van der Waals surface area (Å²) in [7, 11) is -3.23. The van der Waals surface area contributed by atoms with Crippen molar-refractivity contribution in [2.45, 2.75) is 78.6 Å². The van der Waals surface area contributed by atoms with Gasteiger partial charge in [-0.3, -0.25) is 14.4 Å². The molecule has 3 aromatic rings. The number of nitrogens with one attached hydrogen (secondary N) is 1. The van der Waals surface area contributed by atoms with Gasteiger partial charge in [0, 0.05) is 34.4 Å². The molecule has 0 spiro atoms. The monoisotopic (exact) mass is 654 g/mol. The Hall–Kier alpha value is -3.16. The number of nitrogens with zero attached hydrogens (tertiary/aromatic N) is 1. The maximum Gasteiger partial charge on any atom is 0.335 e. The molecule has 3 aromatic carbocycles. The lowest BCUT2D eigenvalue weighted by Gasteiger charge is -2.31. The van der Waals surface area contributed by atoms with E-state index in [2.05, 4.69) is 39.1 Å². The summed E-state index contributed by atoms with van der Waals surface area (Å²) in [5, 5.41) is 3.04. The van der Waals surface area contributed by atoms with E-state index in [9.17, 15) is 9.36 Å². The second kappa shape index (κ2) is 13.7. The van der Waals surface area contributed by atoms with Crippen LogP contribution in [-0.2, 0) is 32.6 Å². The second-order valence-electron chi connectivity index (χ2n) is 12.5. The first-order chi connectivity index (χ1) is 20.9. The highest BCUT2D eigenvalue weighted by Crippen LogP contribution is 2.51. The van der Waals surface area contributed by atoms with Crippen molar-refractivity contribution >= 4 is 37.3 Å². The van der Waals surface area contributed by atoms with Crippen molar-refractivity contribution in [2.24, 2.45) is 4.99 Å². The van der Waals surface area contributed by atoms with E-state index < -0.39 is 7.60 Å². The maximum absolute atomic E-state index is 13.3. The van der Waals surface area contributed by atoms with E-state index in [0.717, 1.165) is 52.3 Å². The number of hydrogen-bond acceptors (Lipinski definition) is 7. The third-order valence-electron chi connectivity index (χ3n) is 7.62. The number of fused-ring (bicyclic) bond motifs is 3. The van der Waals surface area contributed by atoms with Crippen LogP contribution < -0.4 is 14.8 Å². The summed E-state index contributed by atoms with van der Waals surface area (Å²) >= 11 is 0. The van der Waals surface area contributed by atoms with Gasteiger partial charge in [0.25, 0.3) is 5.91 Å². The van der Waals surface area contributed by atoms with E-state index in [4.69, 9.17) is 23.5 Å². The van der Waals surface area contributed by atoms with Gasteiger partial charge >= 0.3 is 7.60 Å². The van der Waals surface area contributed by atoms with E-state index in [1.807, 2.05) is 31.2 Å². The predicted molar refractivity (Wildman–Crippen MR) is 182 cm³/mol. The summed E-state index contributed by atoms with van der Waals surface area (Å²) < 4.78 is 36.2. The van der Waals surface area contributed by atoms with E-state index in [1.54, 1.807) is 38.1 Å². The van der Waals surface area contributed by atoms with E-state index in [0.29, 0.717) is 31.1 Å². The molecule has 10 heteroatoms. The molecular formula is C35H44ClN2O6P. The van der Waals surface area contributed by atoms with Crippen molar-refractivity contribution in [3.63, 3.8) is 0 Å². The number of halogens is 1. The molecule has 2 aliphatic heterocycles. The van der Waals surface area contributed by atoms with E-state index in [1.165, 1.54) is 5.56 Å². The standard InChI is InChI=1S/C35H43N2O6P.ClH/c1-8-40-29-19-26-20-34(4,5)37-31(30(26)28-21-35(6,7)43-32(28)29)25-12-11-13-27(18-25)36-33(38)24-16-14-23(15-17-24)22-44(39,41-9-2)42-10-3;/h11-19H,8-10,20-22H2,1-7H3,(H,36,38);1H. The Morgan fingerprint density at radius 3 is 2.29 bits per heavy atom. The molecule has 2 aliphatic rings. The number of anilines is 1. The molecule has 242 valence electrons. The largest absolute Gasteiger partial charge is 0.490 e. The maximum atomic E-state index is 13.3. The molecule has 0 fully saturated rings. The van der Waals surface area contributed by atoms with Crippen LogP contribution in [0.25, 0.3) is 0 Å². The van der Waals surface area contributed by atoms with E-state index in [-0.39, 0.29) is 35.6 Å². The Balaban J connectivity index is 0.00000461. The molecule has 0 bridgehead atoms. The topological polar surface area (TPSA) is 95.5 Å². The summed E-state index contributed by atoms with van der Waals surface area (Å²) in [6, 6.07) is 17.0. The Bertz CT molecular complexity index is 1620. The molecule has 45 heavy (non-hydrogen) atoms. The Labute approximate surface area is 272 Å². The average molecular weight is 655 g/mol. The first kappa shape index (κ1) is 34.7. The minimum Gasteiger partial charge on any atom is -0.490 e. The van der Waals surface area contributed by atoms with Crippen molar-refractivity contribution in [3.05, 3.63) is 88.0 Å². The van der Waals surface area contributed by atoms with Crippen molar-refractivity contribution in [2.75, 3.05) is 25.1 Å². The zero-order valence-electron chi connectivity index (χ0n) is 27.2. The molecule has 0 unspecified atom stereocenters. The number of ether oxygens (including phenoxy) is 2. The number of carbonyl (C=O) groups is 1. The van der Waals surface area contributed by atoms with Gasteiger partial charge in [0.05, 0.1) is 37.2 Å². The molecule has 0 aliphatic carbocycles. The summed E-state index contributed by atoms with van der Waals surface area (Å²) in [5.74, 6) is 1.35. The smallest absolute Gasteiger partial charge is 0.335 e. The van der Waals surface area contributed by atoms with Gasteiger partial charge in [-0.15, -0.1) is 12.4 Å². The number of aliphatic imine (C=N–C) groups is 1. The van der Waals surface area contributed by atoms with Gasteiger partial charge in [-0.25, -0.2) is 0 Å². The molecule has 0 atom stereocenters. The third kappa shape index (κ3) is 7.81. The normalized spacial score (nSPS) is 16.0. The zero-order chi connectivity index (χ0) is 31.7. The average Bonchev–Trinajstić information content (AvgIpc) is 3.28. The van der Waals surface area contributed by atoms with Crippen molar-refractivity contribution in [3.8, 4) is 11.5 Å². The molecule has 0 radical (unpaired) electrons. The van der Waals surface area contributed by atoms with Gasteiger partial charge in [0.1, 0.15) is 5.60 Å². The Morgan fingerprint density at radius 2 is 1.64 bits per heavy atom. The first-order valence-electron chi connectivity index (χ1n) is 15.4. The number of benzene rings is 3. The SMILES string of the molecule is CCOc1cc2c(c3c1OC(C)(C)C3)C(c1cccc(NC(=O)c3ccc(CP(=O)(OCC)OCC)cc3)c1)=NC(C)(C)C2.Cl. The van der Waals surface area contributed by atoms with Crippen LogP contribution in [0.4, 0.5) is 5.69 Å². The Morgan fingerprint density at radius 1 is 0.956 bits per heavy atom. The van der Waals surface area contributed by atoms with Gasteiger partial charge in [0.2, 0.25) is 0 Å². The lowest BCUT2D eigenvalue weighted by molar-refractivity contribution is 0.102. The molecule has 5 rings (SSSR count). The number of hydrogen-bond donors (Lipinski definition) is 1. The van der Waals surface area contributed by atoms with Crippen LogP contribution in [0.15, 0.2) is 59.6 Å². The summed E-state index contributed by atoms with van der Waals surface area (Å²) in [6.07, 6.45) is 1.69. The summed E-state index contributed by atoms with van der Waals surface area (Å²) in [5.41, 5.74) is 6.50. The van der Waals surface area contributed by atoms with Crippen LogP contribution in [0.2, 0.25) is 0 Å². The van der Waals surface area contributed by atoms with Crippen LogP contribution in [0, 0.1) is 0 Å². The zero-order valence-corrected chi connectivity index (χ0v) is 28.9. The quantitative estimate of drug-likeness (QED) is 0.209. The molecular weight excluding hydrogens is 611 g/mol. The fraction of sp³-hybridized carbons (Fsp3) is 0.429. The molecule has 1 amide bonds. The minimum atomic E-state index is -3.23. The third-order valence-corrected chi connectivity index (χ3v) is 9.67. The molecule has 0 saturated heterocycles. The van der Waals surface area contributed by atoms with Crippen LogP contribution in [0.3, 0.4) is 0 Å². The van der Waals surface area contributed by atoms with Gasteiger partial charge in [-0.1, -0.05) is 24.3 Å². The van der Waals surface area contributed by atoms with E-state index >= 15 is 0 Å². The van der Waals surface area contributed by atoms with Crippen molar-refractivity contribution in [1.82, 2.24) is 0 Å². The fourth-order valence-electron chi connectivity index (χ4n) is 6.00. The molecule has 8 nitrogen and oxygen atoms in total. The first-order valence-corrected chi connectivity index (χ1v) is 17.1. The fourth-order valence-corrected chi connectivity index (χ4v) is 7.70. The highest BCUT2D eigenvalue weighted by Gasteiger charge is 2.39. The Kier molecular flexibility index (Phi) is 10.6. The van der Waals surface area contributed by atoms with Gasteiger partial charge in [0.15, 0.2) is 11.5 Å². The minimum absolute atomic E-state index is 0. The summed E-state index contributed by atoms with van der Waals surface area (Å²) in [4.78, 5) is 18.5. The summed E-state index contributed by atoms with van der Waals surface area (Å²) in [6.45, 7) is 15.2. The van der Waals surface area contributed by atoms with Gasteiger partial charge in [-0.05, 0) is 96.3 Å². The highest BCUT2D eigenvalue weighted by atomic mass is 35.5. The number of rotatable bonds is 11. The van der Waals surface area contributed by atoms with Gasteiger partial charge < -0.3 is 23.8 Å². The van der Waals surface area contributed by atoms with Crippen LogP contribution in [0.5, 0.6) is 11.5 Å². The number of amides is 1. The molecule has 1 N–H and O–H groups in total. The lowest BCUT2D eigenvalue weighted by atomic mass is 9.81. The highest BCUT2D eigenvalue weighted by molar-refractivity contribution is 7.53. The van der Waals surface area contributed by atoms with Gasteiger partial charge in [-0.2, -0.15) is 0 Å². The molecule has 2 heterocycles. The molecule has 0 saturated carbocycles. The van der Waals surface area contributed by atoms with Crippen molar-refractivity contribution < 1.29 is 27.9 Å². The van der Waals surface area contributed by atoms with Crippen molar-refractivity contribution in [1.29, 1.82) is 0 Å². The van der Waals surface area contributed by atoms with Crippen LogP contribution >= 0.6 is 20.0 Å². The number of carbonyl (C=O) groups excluding carboxylic acids is 1. The molecule has 0 aromatic heterocycles.